The van der Waals surface area contributed by atoms with E-state index in [1.165, 1.54) is 16.7 Å². The van der Waals surface area contributed by atoms with E-state index in [4.69, 9.17) is 9.15 Å². The Morgan fingerprint density at radius 3 is 2.82 bits per heavy atom. The predicted octanol–water partition coefficient (Wildman–Crippen LogP) is 5.65. The van der Waals surface area contributed by atoms with Crippen LogP contribution < -0.4 is 4.74 Å². The molecule has 1 N–H and O–H groups in total. The summed E-state index contributed by atoms with van der Waals surface area (Å²) in [6, 6.07) is 16.2. The van der Waals surface area contributed by atoms with Crippen molar-refractivity contribution in [3.63, 3.8) is 0 Å². The highest BCUT2D eigenvalue weighted by atomic mass is 79.9. The number of phenols is 1. The minimum Gasteiger partial charge on any atom is -0.504 e. The summed E-state index contributed by atoms with van der Waals surface area (Å²) in [4.78, 5) is 15.2. The monoisotopic (exact) mass is 525 g/mol. The third kappa shape index (κ3) is 5.74. The molecule has 168 valence electrons. The second-order valence-corrected chi connectivity index (χ2v) is 8.85. The normalized spacial score (nSPS) is 16.4. The van der Waals surface area contributed by atoms with Gasteiger partial charge < -0.3 is 14.3 Å². The van der Waals surface area contributed by atoms with Crippen molar-refractivity contribution in [2.45, 2.75) is 13.5 Å². The molecule has 1 aliphatic heterocycles. The van der Waals surface area contributed by atoms with Crippen LogP contribution >= 0.6 is 27.7 Å². The molecule has 1 fully saturated rings. The fourth-order valence-electron chi connectivity index (χ4n) is 3.06. The van der Waals surface area contributed by atoms with E-state index < -0.39 is 0 Å². The van der Waals surface area contributed by atoms with Crippen molar-refractivity contribution in [1.82, 2.24) is 4.90 Å². The van der Waals surface area contributed by atoms with Gasteiger partial charge in [0.05, 0.1) is 30.5 Å². The van der Waals surface area contributed by atoms with Crippen LogP contribution in [0.25, 0.3) is 6.08 Å². The number of amidine groups is 1. The molecule has 0 bridgehead atoms. The summed E-state index contributed by atoms with van der Waals surface area (Å²) in [6.07, 6.45) is 4.93. The van der Waals surface area contributed by atoms with Gasteiger partial charge in [0.25, 0.3) is 5.91 Å². The molecule has 1 aromatic heterocycles. The van der Waals surface area contributed by atoms with E-state index in [0.717, 1.165) is 15.6 Å². The molecule has 1 saturated heterocycles. The number of nitrogens with zero attached hydrogens (tertiary/aromatic N) is 3. The Morgan fingerprint density at radius 2 is 2.06 bits per heavy atom. The van der Waals surface area contributed by atoms with Crippen LogP contribution in [0.4, 0.5) is 0 Å². The van der Waals surface area contributed by atoms with Crippen molar-refractivity contribution in [2.24, 2.45) is 10.2 Å². The third-order valence-electron chi connectivity index (χ3n) is 4.56. The van der Waals surface area contributed by atoms with E-state index in [2.05, 4.69) is 26.1 Å². The first kappa shape index (κ1) is 22.9. The minimum atomic E-state index is -0.209. The topological polar surface area (TPSA) is 87.6 Å². The van der Waals surface area contributed by atoms with Gasteiger partial charge >= 0.3 is 0 Å². The number of thioether (sulfide) groups is 1. The molecule has 1 amide bonds. The summed E-state index contributed by atoms with van der Waals surface area (Å²) in [7, 11) is 0. The number of amides is 1. The summed E-state index contributed by atoms with van der Waals surface area (Å²) in [5.74, 6) is 0.839. The second-order valence-electron chi connectivity index (χ2n) is 6.92. The van der Waals surface area contributed by atoms with Crippen molar-refractivity contribution < 1.29 is 19.1 Å². The quantitative estimate of drug-likeness (QED) is 0.244. The standard InChI is InChI=1S/C24H20BrN3O4S/c1-2-31-21-12-16(8-9-20(21)29)13-22-23(30)28(15-19-7-4-10-32-19)24(33-22)27-26-14-17-5-3-6-18(25)11-17/h3-14,29H,2,15H2,1H3/b22-13-,26-14+,27-24-. The number of hydrogen-bond donors (Lipinski definition) is 1. The van der Waals surface area contributed by atoms with Crippen LogP contribution in [0.15, 0.2) is 84.9 Å². The Bertz CT molecular complexity index is 1240. The number of halogens is 1. The number of aromatic hydroxyl groups is 1. The van der Waals surface area contributed by atoms with Gasteiger partial charge in [-0.15, -0.1) is 5.10 Å². The van der Waals surface area contributed by atoms with Crippen LogP contribution in [0.3, 0.4) is 0 Å². The zero-order chi connectivity index (χ0) is 23.2. The lowest BCUT2D eigenvalue weighted by atomic mass is 10.2. The molecule has 0 atom stereocenters. The highest BCUT2D eigenvalue weighted by Gasteiger charge is 2.34. The summed E-state index contributed by atoms with van der Waals surface area (Å²) in [5, 5.41) is 18.9. The molecule has 33 heavy (non-hydrogen) atoms. The van der Waals surface area contributed by atoms with Crippen molar-refractivity contribution in [3.8, 4) is 11.5 Å². The molecule has 0 saturated carbocycles. The maximum Gasteiger partial charge on any atom is 0.267 e. The minimum absolute atomic E-state index is 0.0491. The number of furan rings is 1. The van der Waals surface area contributed by atoms with E-state index >= 15 is 0 Å². The van der Waals surface area contributed by atoms with Crippen molar-refractivity contribution in [2.75, 3.05) is 6.61 Å². The number of carbonyl (C=O) groups is 1. The van der Waals surface area contributed by atoms with Gasteiger partial charge in [0.15, 0.2) is 16.7 Å². The number of benzene rings is 2. The number of rotatable bonds is 7. The number of carbonyl (C=O) groups excluding carboxylic acids is 1. The maximum atomic E-state index is 13.2. The van der Waals surface area contributed by atoms with Crippen LogP contribution in [-0.4, -0.2) is 33.9 Å². The Labute approximate surface area is 203 Å². The first-order chi connectivity index (χ1) is 16.0. The highest BCUT2D eigenvalue weighted by molar-refractivity contribution is 9.10. The van der Waals surface area contributed by atoms with Gasteiger partial charge in [-0.1, -0.05) is 34.1 Å². The molecule has 9 heteroatoms. The first-order valence-electron chi connectivity index (χ1n) is 10.1. The summed E-state index contributed by atoms with van der Waals surface area (Å²) >= 11 is 4.66. The second kappa shape index (κ2) is 10.5. The van der Waals surface area contributed by atoms with Gasteiger partial charge in [-0.2, -0.15) is 5.10 Å². The lowest BCUT2D eigenvalue weighted by Crippen LogP contribution is -2.28. The van der Waals surface area contributed by atoms with E-state index in [1.807, 2.05) is 31.2 Å². The molecule has 0 spiro atoms. The van der Waals surface area contributed by atoms with Gasteiger partial charge in [0.1, 0.15) is 5.76 Å². The van der Waals surface area contributed by atoms with E-state index in [-0.39, 0.29) is 18.2 Å². The lowest BCUT2D eigenvalue weighted by molar-refractivity contribution is -0.122. The van der Waals surface area contributed by atoms with Crippen molar-refractivity contribution in [1.29, 1.82) is 0 Å². The number of ether oxygens (including phenoxy) is 1. The fraction of sp³-hybridized carbons (Fsp3) is 0.125. The molecular weight excluding hydrogens is 506 g/mol. The van der Waals surface area contributed by atoms with Crippen LogP contribution in [0.1, 0.15) is 23.8 Å². The molecule has 7 nitrogen and oxygen atoms in total. The molecule has 0 aliphatic carbocycles. The van der Waals surface area contributed by atoms with Gasteiger partial charge in [0, 0.05) is 4.47 Å². The maximum absolute atomic E-state index is 13.2. The molecule has 4 rings (SSSR count). The average Bonchev–Trinajstić information content (AvgIpc) is 3.41. The fourth-order valence-corrected chi connectivity index (χ4v) is 4.41. The molecule has 2 aromatic carbocycles. The van der Waals surface area contributed by atoms with Gasteiger partial charge in [0.2, 0.25) is 0 Å². The molecule has 2 heterocycles. The predicted molar refractivity (Wildman–Crippen MR) is 133 cm³/mol. The van der Waals surface area contributed by atoms with Crippen molar-refractivity contribution in [3.05, 3.63) is 87.1 Å². The molecule has 1 aliphatic rings. The molecular formula is C24H20BrN3O4S. The first-order valence-corrected chi connectivity index (χ1v) is 11.7. The highest BCUT2D eigenvalue weighted by Crippen LogP contribution is 2.35. The van der Waals surface area contributed by atoms with Crippen LogP contribution in [0, 0.1) is 0 Å². The summed E-state index contributed by atoms with van der Waals surface area (Å²) < 4.78 is 11.8. The number of hydrogen-bond acceptors (Lipinski definition) is 7. The average molecular weight is 526 g/mol. The SMILES string of the molecule is CCOc1cc(/C=C2\S/C(=N\N=C\c3cccc(Br)c3)N(Cc3ccco3)C2=O)ccc1O. The smallest absolute Gasteiger partial charge is 0.267 e. The molecule has 0 unspecified atom stereocenters. The zero-order valence-electron chi connectivity index (χ0n) is 17.6. The van der Waals surface area contributed by atoms with Gasteiger partial charge in [-0.25, -0.2) is 0 Å². The lowest BCUT2D eigenvalue weighted by Gasteiger charge is -2.12. The van der Waals surface area contributed by atoms with Crippen LogP contribution in [0.5, 0.6) is 11.5 Å². The van der Waals surface area contributed by atoms with Crippen LogP contribution in [-0.2, 0) is 11.3 Å². The van der Waals surface area contributed by atoms with Crippen molar-refractivity contribution >= 4 is 51.1 Å². The summed E-state index contributed by atoms with van der Waals surface area (Å²) in [5.41, 5.74) is 1.60. The van der Waals surface area contributed by atoms with Gasteiger partial charge in [-0.3, -0.25) is 9.69 Å². The Morgan fingerprint density at radius 1 is 1.18 bits per heavy atom. The molecule has 3 aromatic rings. The largest absolute Gasteiger partial charge is 0.504 e. The third-order valence-corrected chi connectivity index (χ3v) is 6.05. The number of phenolic OH excluding ortho intramolecular Hbond substituents is 1. The van der Waals surface area contributed by atoms with Crippen LogP contribution in [0.2, 0.25) is 0 Å². The van der Waals surface area contributed by atoms with E-state index in [1.54, 1.807) is 48.9 Å². The van der Waals surface area contributed by atoms with E-state index in [9.17, 15) is 9.90 Å². The Kier molecular flexibility index (Phi) is 7.31. The van der Waals surface area contributed by atoms with E-state index in [0.29, 0.717) is 28.2 Å². The van der Waals surface area contributed by atoms with Gasteiger partial charge in [-0.05, 0) is 72.3 Å². The summed E-state index contributed by atoms with van der Waals surface area (Å²) in [6.45, 7) is 2.50. The Hall–Kier alpha value is -3.30. The molecule has 0 radical (unpaired) electrons. The Balaban J connectivity index is 1.63. The zero-order valence-corrected chi connectivity index (χ0v) is 20.0.